The Morgan fingerprint density at radius 3 is 2.50 bits per heavy atom. The van der Waals surface area contributed by atoms with Crippen LogP contribution in [0, 0.1) is 0 Å². The third-order valence-corrected chi connectivity index (χ3v) is 6.75. The molecule has 0 aliphatic rings. The Bertz CT molecular complexity index is 1080. The number of amides is 1. The molecule has 0 aliphatic carbocycles. The minimum absolute atomic E-state index is 0.0491. The summed E-state index contributed by atoms with van der Waals surface area (Å²) in [7, 11) is 1.16. The van der Waals surface area contributed by atoms with Crippen molar-refractivity contribution in [3.63, 3.8) is 0 Å². The van der Waals surface area contributed by atoms with E-state index in [2.05, 4.69) is 4.98 Å². The van der Waals surface area contributed by atoms with Crippen LogP contribution in [0.15, 0.2) is 63.1 Å². The topological polar surface area (TPSA) is 83.7 Å². The minimum Gasteiger partial charge on any atom is -0.431 e. The van der Waals surface area contributed by atoms with Crippen molar-refractivity contribution in [2.45, 2.75) is 16.7 Å². The number of rotatable bonds is 7. The predicted octanol–water partition coefficient (Wildman–Crippen LogP) is 2.83. The maximum Gasteiger partial charge on any atom is 0.257 e. The summed E-state index contributed by atoms with van der Waals surface area (Å²) in [6.07, 6.45) is 0. The van der Waals surface area contributed by atoms with Gasteiger partial charge in [-0.25, -0.2) is 17.7 Å². The van der Waals surface area contributed by atoms with E-state index < -0.39 is 10.0 Å². The van der Waals surface area contributed by atoms with Crippen molar-refractivity contribution in [1.82, 2.24) is 14.2 Å². The number of carbonyl (C=O) groups is 1. The molecule has 0 aliphatic heterocycles. The third-order valence-electron chi connectivity index (χ3n) is 4.13. The summed E-state index contributed by atoms with van der Waals surface area (Å²) in [6, 6.07) is 14.3. The molecule has 0 atom stereocenters. The second-order valence-electron chi connectivity index (χ2n) is 6.42. The van der Waals surface area contributed by atoms with E-state index in [1.165, 1.54) is 38.0 Å². The summed E-state index contributed by atoms with van der Waals surface area (Å²) in [4.78, 5) is 18.4. The highest BCUT2D eigenvalue weighted by Gasteiger charge is 2.19. The minimum atomic E-state index is -3.54. The van der Waals surface area contributed by atoms with Crippen LogP contribution in [0.2, 0.25) is 0 Å². The zero-order valence-corrected chi connectivity index (χ0v) is 17.5. The van der Waals surface area contributed by atoms with Crippen molar-refractivity contribution >= 4 is 38.8 Å². The second kappa shape index (κ2) is 8.34. The van der Waals surface area contributed by atoms with Gasteiger partial charge in [-0.15, -0.1) is 0 Å². The zero-order valence-electron chi connectivity index (χ0n) is 15.8. The number of nitrogens with zero attached hydrogens (tertiary/aromatic N) is 3. The van der Waals surface area contributed by atoms with E-state index in [9.17, 15) is 13.2 Å². The summed E-state index contributed by atoms with van der Waals surface area (Å²) in [6.45, 7) is 0.527. The molecule has 0 fully saturated rings. The lowest BCUT2D eigenvalue weighted by atomic mass is 10.2. The Kier molecular flexibility index (Phi) is 6.07. The van der Waals surface area contributed by atoms with Crippen LogP contribution in [0.1, 0.15) is 5.56 Å². The van der Waals surface area contributed by atoms with Gasteiger partial charge in [-0.05, 0) is 23.8 Å². The van der Waals surface area contributed by atoms with Crippen molar-refractivity contribution in [1.29, 1.82) is 0 Å². The van der Waals surface area contributed by atoms with Gasteiger partial charge >= 0.3 is 0 Å². The first-order valence-electron chi connectivity index (χ1n) is 8.51. The summed E-state index contributed by atoms with van der Waals surface area (Å²) in [5, 5.41) is 0.330. The molecule has 0 saturated heterocycles. The largest absolute Gasteiger partial charge is 0.431 e. The van der Waals surface area contributed by atoms with Crippen LogP contribution in [-0.4, -0.2) is 55.4 Å². The van der Waals surface area contributed by atoms with Gasteiger partial charge < -0.3 is 9.32 Å². The van der Waals surface area contributed by atoms with Gasteiger partial charge in [0.25, 0.3) is 5.22 Å². The maximum absolute atomic E-state index is 12.3. The van der Waals surface area contributed by atoms with Crippen molar-refractivity contribution in [2.75, 3.05) is 26.9 Å². The van der Waals surface area contributed by atoms with Crippen molar-refractivity contribution in [2.24, 2.45) is 0 Å². The van der Waals surface area contributed by atoms with Crippen molar-refractivity contribution in [3.8, 4) is 0 Å². The molecule has 0 bridgehead atoms. The first-order chi connectivity index (χ1) is 13.3. The molecular formula is C19H21N3O4S2. The molecule has 0 unspecified atom stereocenters. The molecule has 7 nitrogen and oxygen atoms in total. The summed E-state index contributed by atoms with van der Waals surface area (Å²) >= 11 is 1.18. The molecule has 0 N–H and O–H groups in total. The van der Waals surface area contributed by atoms with Crippen LogP contribution in [0.5, 0.6) is 0 Å². The second-order valence-corrected chi connectivity index (χ2v) is 9.50. The van der Waals surface area contributed by atoms with E-state index in [1.54, 1.807) is 18.0 Å². The highest BCUT2D eigenvalue weighted by molar-refractivity contribution is 7.99. The Balaban J connectivity index is 1.67. The van der Waals surface area contributed by atoms with Crippen LogP contribution in [-0.2, 0) is 21.4 Å². The van der Waals surface area contributed by atoms with Crippen LogP contribution < -0.4 is 0 Å². The molecule has 3 rings (SSSR count). The van der Waals surface area contributed by atoms with Crippen molar-refractivity contribution < 1.29 is 17.6 Å². The predicted molar refractivity (Wildman–Crippen MR) is 109 cm³/mol. The molecule has 3 aromatic rings. The Morgan fingerprint density at radius 2 is 1.82 bits per heavy atom. The molecular weight excluding hydrogens is 398 g/mol. The van der Waals surface area contributed by atoms with E-state index >= 15 is 0 Å². The molecule has 2 aromatic carbocycles. The number of aromatic nitrogens is 1. The Labute approximate surface area is 168 Å². The number of sulfonamides is 1. The third kappa shape index (κ3) is 4.54. The van der Waals surface area contributed by atoms with Gasteiger partial charge in [0.05, 0.1) is 10.6 Å². The number of fused-ring (bicyclic) bond motifs is 1. The molecule has 1 amide bonds. The molecule has 28 heavy (non-hydrogen) atoms. The van der Waals surface area contributed by atoms with Gasteiger partial charge in [0.2, 0.25) is 15.9 Å². The molecule has 0 spiro atoms. The van der Waals surface area contributed by atoms with Crippen LogP contribution in [0.3, 0.4) is 0 Å². The van der Waals surface area contributed by atoms with Crippen molar-refractivity contribution in [3.05, 3.63) is 54.1 Å². The summed E-state index contributed by atoms with van der Waals surface area (Å²) in [5.41, 5.74) is 1.97. The number of hydrogen-bond donors (Lipinski definition) is 0. The fourth-order valence-corrected chi connectivity index (χ4v) is 4.20. The lowest BCUT2D eigenvalue weighted by Crippen LogP contribution is -2.27. The van der Waals surface area contributed by atoms with E-state index in [4.69, 9.17) is 4.42 Å². The van der Waals surface area contributed by atoms with Crippen LogP contribution >= 0.6 is 11.8 Å². The number of thioether (sulfide) groups is 1. The molecule has 1 heterocycles. The average Bonchev–Trinajstić information content (AvgIpc) is 3.08. The van der Waals surface area contributed by atoms with Gasteiger partial charge in [-0.3, -0.25) is 4.79 Å². The van der Waals surface area contributed by atoms with Gasteiger partial charge in [-0.1, -0.05) is 42.1 Å². The summed E-state index contributed by atoms with van der Waals surface area (Å²) < 4.78 is 31.2. The molecule has 9 heteroatoms. The Hall–Kier alpha value is -2.36. The Morgan fingerprint density at radius 1 is 1.11 bits per heavy atom. The maximum atomic E-state index is 12.3. The molecule has 0 radical (unpaired) electrons. The fraction of sp³-hybridized carbons (Fsp3) is 0.263. The normalized spacial score (nSPS) is 11.9. The van der Waals surface area contributed by atoms with Gasteiger partial charge in [0.1, 0.15) is 5.52 Å². The first kappa shape index (κ1) is 20.4. The fourth-order valence-electron chi connectivity index (χ4n) is 2.50. The van der Waals surface area contributed by atoms with Gasteiger partial charge in [0, 0.05) is 27.7 Å². The van der Waals surface area contributed by atoms with Gasteiger partial charge in [0.15, 0.2) is 5.58 Å². The van der Waals surface area contributed by atoms with Gasteiger partial charge in [-0.2, -0.15) is 0 Å². The van der Waals surface area contributed by atoms with E-state index in [0.29, 0.717) is 22.9 Å². The lowest BCUT2D eigenvalue weighted by molar-refractivity contribution is -0.127. The van der Waals surface area contributed by atoms with E-state index in [0.717, 1.165) is 9.87 Å². The average molecular weight is 420 g/mol. The number of oxazole rings is 1. The highest BCUT2D eigenvalue weighted by atomic mass is 32.2. The SMILES string of the molecule is CN(Cc1ccccc1)C(=O)CSc1nc2cc(S(=O)(=O)N(C)C)ccc2o1. The first-order valence-corrected chi connectivity index (χ1v) is 10.9. The van der Waals surface area contributed by atoms with E-state index in [1.807, 2.05) is 30.3 Å². The zero-order chi connectivity index (χ0) is 20.3. The molecule has 148 valence electrons. The van der Waals surface area contributed by atoms with Crippen LogP contribution in [0.25, 0.3) is 11.1 Å². The molecule has 1 aromatic heterocycles. The smallest absolute Gasteiger partial charge is 0.257 e. The number of carbonyl (C=O) groups excluding carboxylic acids is 1. The number of benzene rings is 2. The highest BCUT2D eigenvalue weighted by Crippen LogP contribution is 2.26. The standard InChI is InChI=1S/C19H21N3O4S2/c1-21(2)28(24,25)15-9-10-17-16(11-15)20-19(26-17)27-13-18(23)22(3)12-14-7-5-4-6-8-14/h4-11H,12-13H2,1-3H3. The quantitative estimate of drug-likeness (QED) is 0.548. The monoisotopic (exact) mass is 419 g/mol. The number of hydrogen-bond acceptors (Lipinski definition) is 6. The van der Waals surface area contributed by atoms with Crippen LogP contribution in [0.4, 0.5) is 0 Å². The molecule has 0 saturated carbocycles. The van der Waals surface area contributed by atoms with E-state index in [-0.39, 0.29) is 16.6 Å². The summed E-state index contributed by atoms with van der Waals surface area (Å²) in [5.74, 6) is 0.130. The lowest BCUT2D eigenvalue weighted by Gasteiger charge is -2.16.